The number of rotatable bonds is 5. The summed E-state index contributed by atoms with van der Waals surface area (Å²) in [5.41, 5.74) is 0. The van der Waals surface area contributed by atoms with E-state index >= 15 is 0 Å². The van der Waals surface area contributed by atoms with Crippen LogP contribution >= 0.6 is 0 Å². The van der Waals surface area contributed by atoms with Gasteiger partial charge in [0.15, 0.2) is 0 Å². The van der Waals surface area contributed by atoms with Crippen LogP contribution in [0.25, 0.3) is 0 Å². The fourth-order valence-electron chi connectivity index (χ4n) is 3.83. The van der Waals surface area contributed by atoms with Crippen molar-refractivity contribution in [1.82, 2.24) is 20.4 Å². The van der Waals surface area contributed by atoms with Gasteiger partial charge >= 0.3 is 6.03 Å². The molecule has 2 unspecified atom stereocenters. The molecular formula is C14H24N4O2. The number of nitrogens with zero attached hydrogens (tertiary/aromatic N) is 2. The molecule has 3 heterocycles. The molecule has 3 fully saturated rings. The van der Waals surface area contributed by atoms with E-state index in [2.05, 4.69) is 22.5 Å². The lowest BCUT2D eigenvalue weighted by molar-refractivity contribution is -0.125. The highest BCUT2D eigenvalue weighted by molar-refractivity contribution is 6.01. The highest BCUT2D eigenvalue weighted by atomic mass is 16.2. The molecule has 6 nitrogen and oxygen atoms in total. The Bertz CT molecular complexity index is 373. The molecule has 3 rings (SSSR count). The third-order valence-electron chi connectivity index (χ3n) is 4.92. The molecule has 0 aliphatic carbocycles. The Balaban J connectivity index is 1.54. The number of fused-ring (bicyclic) bond motifs is 2. The summed E-state index contributed by atoms with van der Waals surface area (Å²) in [7, 11) is 0. The van der Waals surface area contributed by atoms with Gasteiger partial charge in [-0.25, -0.2) is 4.79 Å². The first-order chi connectivity index (χ1) is 9.67. The monoisotopic (exact) mass is 280 g/mol. The van der Waals surface area contributed by atoms with Crippen LogP contribution in [0.5, 0.6) is 0 Å². The van der Waals surface area contributed by atoms with E-state index in [-0.39, 0.29) is 18.5 Å². The number of likely N-dealkylation sites (N-methyl/N-ethyl adjacent to an activating group) is 1. The van der Waals surface area contributed by atoms with E-state index in [1.165, 1.54) is 30.6 Å². The molecule has 3 aliphatic rings. The summed E-state index contributed by atoms with van der Waals surface area (Å²) in [4.78, 5) is 26.9. The van der Waals surface area contributed by atoms with Crippen LogP contribution in [-0.2, 0) is 4.79 Å². The van der Waals surface area contributed by atoms with Crippen molar-refractivity contribution in [3.8, 4) is 0 Å². The highest BCUT2D eigenvalue weighted by Crippen LogP contribution is 2.29. The van der Waals surface area contributed by atoms with Crippen LogP contribution < -0.4 is 10.6 Å². The minimum absolute atomic E-state index is 0.101. The summed E-state index contributed by atoms with van der Waals surface area (Å²) >= 11 is 0. The van der Waals surface area contributed by atoms with E-state index in [1.807, 2.05) is 0 Å². The fraction of sp³-hybridized carbons (Fsp3) is 0.857. The minimum Gasteiger partial charge on any atom is -0.329 e. The van der Waals surface area contributed by atoms with Crippen LogP contribution in [0, 0.1) is 0 Å². The zero-order valence-electron chi connectivity index (χ0n) is 12.1. The van der Waals surface area contributed by atoms with E-state index in [9.17, 15) is 9.59 Å². The zero-order valence-corrected chi connectivity index (χ0v) is 12.1. The Labute approximate surface area is 119 Å². The maximum atomic E-state index is 11.6. The Morgan fingerprint density at radius 3 is 2.50 bits per heavy atom. The quantitative estimate of drug-likeness (QED) is 0.703. The van der Waals surface area contributed by atoms with E-state index in [4.69, 9.17) is 0 Å². The van der Waals surface area contributed by atoms with Gasteiger partial charge in [0.2, 0.25) is 5.91 Å². The molecule has 3 aliphatic heterocycles. The van der Waals surface area contributed by atoms with Gasteiger partial charge in [0, 0.05) is 31.2 Å². The topological polar surface area (TPSA) is 64.7 Å². The summed E-state index contributed by atoms with van der Waals surface area (Å²) < 4.78 is 0. The molecule has 0 saturated carbocycles. The van der Waals surface area contributed by atoms with E-state index in [0.29, 0.717) is 24.7 Å². The van der Waals surface area contributed by atoms with Crippen molar-refractivity contribution in [3.63, 3.8) is 0 Å². The second-order valence-electron chi connectivity index (χ2n) is 6.10. The van der Waals surface area contributed by atoms with Crippen molar-refractivity contribution >= 4 is 11.9 Å². The third-order valence-corrected chi connectivity index (χ3v) is 4.92. The van der Waals surface area contributed by atoms with Gasteiger partial charge in [-0.1, -0.05) is 6.92 Å². The van der Waals surface area contributed by atoms with Crippen LogP contribution in [0.4, 0.5) is 4.79 Å². The van der Waals surface area contributed by atoms with Gasteiger partial charge in [0.25, 0.3) is 0 Å². The maximum absolute atomic E-state index is 11.6. The molecule has 3 saturated heterocycles. The molecule has 2 N–H and O–H groups in total. The molecule has 0 aromatic rings. The predicted molar refractivity (Wildman–Crippen MR) is 75.3 cm³/mol. The molecule has 0 aromatic heterocycles. The second-order valence-corrected chi connectivity index (χ2v) is 6.10. The number of nitrogens with one attached hydrogen (secondary N) is 2. The molecule has 0 aromatic carbocycles. The molecule has 112 valence electrons. The van der Waals surface area contributed by atoms with Crippen LogP contribution in [0.3, 0.4) is 0 Å². The first-order valence-corrected chi connectivity index (χ1v) is 7.75. The largest absolute Gasteiger partial charge is 0.329 e. The van der Waals surface area contributed by atoms with Crippen molar-refractivity contribution in [2.75, 3.05) is 26.2 Å². The lowest BCUT2D eigenvalue weighted by Gasteiger charge is -2.37. The van der Waals surface area contributed by atoms with Crippen LogP contribution in [-0.4, -0.2) is 66.0 Å². The van der Waals surface area contributed by atoms with Gasteiger partial charge < -0.3 is 10.6 Å². The average Bonchev–Trinajstić information content (AvgIpc) is 2.94. The Kier molecular flexibility index (Phi) is 3.94. The van der Waals surface area contributed by atoms with E-state index in [1.54, 1.807) is 0 Å². The van der Waals surface area contributed by atoms with Crippen molar-refractivity contribution in [2.24, 2.45) is 0 Å². The smallest absolute Gasteiger partial charge is 0.324 e. The maximum Gasteiger partial charge on any atom is 0.324 e. The van der Waals surface area contributed by atoms with Crippen molar-refractivity contribution < 1.29 is 9.59 Å². The minimum atomic E-state index is -0.239. The summed E-state index contributed by atoms with van der Waals surface area (Å²) in [5, 5.41) is 6.23. The van der Waals surface area contributed by atoms with Gasteiger partial charge in [-0.3, -0.25) is 14.6 Å². The predicted octanol–water partition coefficient (Wildman–Crippen LogP) is 0.143. The summed E-state index contributed by atoms with van der Waals surface area (Å²) in [6.07, 6.45) is 4.99. The van der Waals surface area contributed by atoms with E-state index < -0.39 is 0 Å². The summed E-state index contributed by atoms with van der Waals surface area (Å²) in [6, 6.07) is 1.70. The Morgan fingerprint density at radius 1 is 1.25 bits per heavy atom. The number of imide groups is 1. The Morgan fingerprint density at radius 2 is 1.95 bits per heavy atom. The van der Waals surface area contributed by atoms with Gasteiger partial charge in [-0.15, -0.1) is 0 Å². The number of carbonyl (C=O) groups is 2. The molecule has 20 heavy (non-hydrogen) atoms. The molecule has 0 radical (unpaired) electrons. The molecule has 0 spiro atoms. The normalized spacial score (nSPS) is 33.1. The zero-order chi connectivity index (χ0) is 14.1. The van der Waals surface area contributed by atoms with Gasteiger partial charge in [0.1, 0.15) is 0 Å². The lowest BCUT2D eigenvalue weighted by atomic mass is 9.98. The van der Waals surface area contributed by atoms with Gasteiger partial charge in [0.05, 0.1) is 6.54 Å². The fourth-order valence-corrected chi connectivity index (χ4v) is 3.83. The van der Waals surface area contributed by atoms with E-state index in [0.717, 1.165) is 13.1 Å². The van der Waals surface area contributed by atoms with Crippen molar-refractivity contribution in [1.29, 1.82) is 0 Å². The number of hydrogen-bond donors (Lipinski definition) is 2. The molecular weight excluding hydrogens is 256 g/mol. The lowest BCUT2D eigenvalue weighted by Crippen LogP contribution is -2.50. The SMILES string of the molecule is CCN(CCN1C(=O)CNC1=O)C1CC2CCC(C1)N2. The molecule has 6 heteroatoms. The Hall–Kier alpha value is -1.14. The molecule has 3 amide bonds. The van der Waals surface area contributed by atoms with Crippen molar-refractivity contribution in [3.05, 3.63) is 0 Å². The first-order valence-electron chi connectivity index (χ1n) is 7.75. The summed E-state index contributed by atoms with van der Waals surface area (Å²) in [5.74, 6) is -0.101. The number of amides is 3. The molecule has 2 bridgehead atoms. The third kappa shape index (κ3) is 2.67. The van der Waals surface area contributed by atoms with Gasteiger partial charge in [-0.05, 0) is 32.2 Å². The number of hydrogen-bond acceptors (Lipinski definition) is 4. The van der Waals surface area contributed by atoms with Crippen LogP contribution in [0.1, 0.15) is 32.6 Å². The molecule has 2 atom stereocenters. The van der Waals surface area contributed by atoms with Gasteiger partial charge in [-0.2, -0.15) is 0 Å². The van der Waals surface area contributed by atoms with Crippen LogP contribution in [0.2, 0.25) is 0 Å². The highest BCUT2D eigenvalue weighted by Gasteiger charge is 2.36. The number of carbonyl (C=O) groups excluding carboxylic acids is 2. The summed E-state index contributed by atoms with van der Waals surface area (Å²) in [6.45, 7) is 4.60. The first kappa shape index (κ1) is 13.8. The average molecular weight is 280 g/mol. The number of piperidine rings is 1. The number of urea groups is 1. The second kappa shape index (κ2) is 5.69. The van der Waals surface area contributed by atoms with Crippen molar-refractivity contribution in [2.45, 2.75) is 50.7 Å². The standard InChI is InChI=1S/C14H24N4O2/c1-2-17(5-6-18-13(19)9-15-14(18)20)12-7-10-3-4-11(8-12)16-10/h10-12,16H,2-9H2,1H3,(H,15,20). The van der Waals surface area contributed by atoms with Crippen LogP contribution in [0.15, 0.2) is 0 Å².